The normalized spacial score (nSPS) is 14.8. The lowest BCUT2D eigenvalue weighted by atomic mass is 10.1. The third-order valence-electron chi connectivity index (χ3n) is 5.39. The molecule has 3 heterocycles. The van der Waals surface area contributed by atoms with E-state index >= 15 is 0 Å². The zero-order valence-corrected chi connectivity index (χ0v) is 19.7. The molecule has 2 aromatic heterocycles. The minimum Gasteiger partial charge on any atom is -0.378 e. The first-order chi connectivity index (χ1) is 15.3. The summed E-state index contributed by atoms with van der Waals surface area (Å²) in [5.74, 6) is 0.790. The predicted molar refractivity (Wildman–Crippen MR) is 125 cm³/mol. The summed E-state index contributed by atoms with van der Waals surface area (Å²) in [6, 6.07) is 7.69. The van der Waals surface area contributed by atoms with Gasteiger partial charge in [0, 0.05) is 51.4 Å². The Labute approximate surface area is 187 Å². The van der Waals surface area contributed by atoms with Gasteiger partial charge in [0.1, 0.15) is 24.6 Å². The first-order valence-corrected chi connectivity index (χ1v) is 14.4. The van der Waals surface area contributed by atoms with Gasteiger partial charge in [-0.1, -0.05) is 19.6 Å². The highest BCUT2D eigenvalue weighted by molar-refractivity contribution is 6.76. The van der Waals surface area contributed by atoms with Crippen LogP contribution < -0.4 is 4.90 Å². The average Bonchev–Trinajstić information content (AvgIpc) is 3.15. The summed E-state index contributed by atoms with van der Waals surface area (Å²) >= 11 is 0. The van der Waals surface area contributed by atoms with Gasteiger partial charge in [0.05, 0.1) is 29.3 Å². The highest BCUT2D eigenvalue weighted by Gasteiger charge is 2.20. The molecular formula is C21H28N6O4Si. The Morgan fingerprint density at radius 3 is 2.69 bits per heavy atom. The van der Waals surface area contributed by atoms with Crippen LogP contribution in [0.3, 0.4) is 0 Å². The summed E-state index contributed by atoms with van der Waals surface area (Å²) in [5.41, 5.74) is 1.98. The van der Waals surface area contributed by atoms with Crippen molar-refractivity contribution in [3.63, 3.8) is 0 Å². The zero-order valence-electron chi connectivity index (χ0n) is 18.7. The van der Waals surface area contributed by atoms with Gasteiger partial charge in [0.25, 0.3) is 5.69 Å². The summed E-state index contributed by atoms with van der Waals surface area (Å²) < 4.78 is 13.1. The summed E-state index contributed by atoms with van der Waals surface area (Å²) in [6.07, 6.45) is 1.51. The maximum Gasteiger partial charge on any atom is 0.270 e. The van der Waals surface area contributed by atoms with Crippen LogP contribution in [0.15, 0.2) is 30.6 Å². The van der Waals surface area contributed by atoms with Crippen LogP contribution in [0.1, 0.15) is 0 Å². The van der Waals surface area contributed by atoms with Crippen molar-refractivity contribution in [1.82, 2.24) is 19.7 Å². The Bertz CT molecular complexity index is 1110. The molecule has 0 bridgehead atoms. The standard InChI is InChI=1S/C21H28N6O4Si/c1-32(2,3)11-10-31-15-26-19-5-4-16(27(28)29)12-17(19)21(24-26)18-13-20(23-14-22-18)25-6-8-30-9-7-25/h4-5,12-14H,6-11,15H2,1-3H3. The van der Waals surface area contributed by atoms with Crippen LogP contribution in [-0.4, -0.2) is 65.7 Å². The van der Waals surface area contributed by atoms with E-state index in [1.807, 2.05) is 6.07 Å². The molecule has 11 heteroatoms. The molecule has 32 heavy (non-hydrogen) atoms. The van der Waals surface area contributed by atoms with Crippen LogP contribution in [0.2, 0.25) is 25.7 Å². The third kappa shape index (κ3) is 5.11. The van der Waals surface area contributed by atoms with Gasteiger partial charge in [-0.2, -0.15) is 5.10 Å². The number of hydrogen-bond donors (Lipinski definition) is 0. The number of nitrogens with zero attached hydrogens (tertiary/aromatic N) is 6. The summed E-state index contributed by atoms with van der Waals surface area (Å²) in [7, 11) is -1.20. The summed E-state index contributed by atoms with van der Waals surface area (Å²) in [5, 5.41) is 16.8. The Morgan fingerprint density at radius 2 is 1.97 bits per heavy atom. The van der Waals surface area contributed by atoms with E-state index in [0.29, 0.717) is 36.6 Å². The van der Waals surface area contributed by atoms with Crippen LogP contribution in [0.5, 0.6) is 0 Å². The highest BCUT2D eigenvalue weighted by Crippen LogP contribution is 2.31. The predicted octanol–water partition coefficient (Wildman–Crippen LogP) is 3.55. The van der Waals surface area contributed by atoms with E-state index in [1.54, 1.807) is 16.8 Å². The van der Waals surface area contributed by atoms with Gasteiger partial charge < -0.3 is 14.4 Å². The minimum absolute atomic E-state index is 0.0143. The lowest BCUT2D eigenvalue weighted by Crippen LogP contribution is -2.36. The number of ether oxygens (including phenoxy) is 2. The number of non-ortho nitro benzene ring substituents is 1. The molecule has 0 radical (unpaired) electrons. The van der Waals surface area contributed by atoms with Gasteiger partial charge in [-0.25, -0.2) is 14.6 Å². The van der Waals surface area contributed by atoms with Gasteiger partial charge in [-0.05, 0) is 12.1 Å². The van der Waals surface area contributed by atoms with E-state index < -0.39 is 13.0 Å². The topological polar surface area (TPSA) is 108 Å². The molecule has 4 rings (SSSR count). The van der Waals surface area contributed by atoms with E-state index in [-0.39, 0.29) is 12.4 Å². The molecule has 0 atom stereocenters. The van der Waals surface area contributed by atoms with Crippen LogP contribution in [0.25, 0.3) is 22.3 Å². The molecule has 1 saturated heterocycles. The molecule has 0 spiro atoms. The Hall–Kier alpha value is -2.89. The van der Waals surface area contributed by atoms with Crippen LogP contribution >= 0.6 is 0 Å². The molecular weight excluding hydrogens is 428 g/mol. The van der Waals surface area contributed by atoms with Crippen molar-refractivity contribution < 1.29 is 14.4 Å². The lowest BCUT2D eigenvalue weighted by molar-refractivity contribution is -0.384. The quantitative estimate of drug-likeness (QED) is 0.219. The molecule has 3 aromatic rings. The van der Waals surface area contributed by atoms with Gasteiger partial charge in [-0.3, -0.25) is 10.1 Å². The number of benzene rings is 1. The van der Waals surface area contributed by atoms with E-state index in [0.717, 1.165) is 30.5 Å². The maximum atomic E-state index is 11.4. The third-order valence-corrected chi connectivity index (χ3v) is 7.09. The second kappa shape index (κ2) is 9.31. The molecule has 0 unspecified atom stereocenters. The number of nitro benzene ring substituents is 1. The number of morpholine rings is 1. The van der Waals surface area contributed by atoms with Gasteiger partial charge in [0.15, 0.2) is 0 Å². The van der Waals surface area contributed by atoms with Crippen LogP contribution in [-0.2, 0) is 16.2 Å². The van der Waals surface area contributed by atoms with Crippen molar-refractivity contribution in [2.75, 3.05) is 37.8 Å². The van der Waals surface area contributed by atoms with E-state index in [2.05, 4.69) is 34.5 Å². The Kier molecular flexibility index (Phi) is 6.49. The lowest BCUT2D eigenvalue weighted by Gasteiger charge is -2.27. The number of fused-ring (bicyclic) bond motifs is 1. The number of hydrogen-bond acceptors (Lipinski definition) is 8. The molecule has 170 valence electrons. The van der Waals surface area contributed by atoms with Gasteiger partial charge in [-0.15, -0.1) is 0 Å². The second-order valence-electron chi connectivity index (χ2n) is 9.02. The van der Waals surface area contributed by atoms with Crippen molar-refractivity contribution >= 4 is 30.5 Å². The van der Waals surface area contributed by atoms with Crippen molar-refractivity contribution in [2.45, 2.75) is 32.4 Å². The largest absolute Gasteiger partial charge is 0.378 e. The summed E-state index contributed by atoms with van der Waals surface area (Å²) in [4.78, 5) is 21.9. The first-order valence-electron chi connectivity index (χ1n) is 10.7. The van der Waals surface area contributed by atoms with E-state index in [1.165, 1.54) is 12.4 Å². The molecule has 0 saturated carbocycles. The molecule has 1 aliphatic heterocycles. The molecule has 0 N–H and O–H groups in total. The van der Waals surface area contributed by atoms with Crippen LogP contribution in [0.4, 0.5) is 11.5 Å². The minimum atomic E-state index is -1.20. The second-order valence-corrected chi connectivity index (χ2v) is 14.6. The van der Waals surface area contributed by atoms with E-state index in [4.69, 9.17) is 14.6 Å². The van der Waals surface area contributed by atoms with Crippen molar-refractivity contribution in [3.8, 4) is 11.4 Å². The van der Waals surface area contributed by atoms with Crippen molar-refractivity contribution in [1.29, 1.82) is 0 Å². The monoisotopic (exact) mass is 456 g/mol. The molecule has 1 aliphatic rings. The fourth-order valence-corrected chi connectivity index (χ4v) is 4.30. The van der Waals surface area contributed by atoms with Gasteiger partial charge in [0.2, 0.25) is 0 Å². The smallest absolute Gasteiger partial charge is 0.270 e. The van der Waals surface area contributed by atoms with E-state index in [9.17, 15) is 10.1 Å². The number of aromatic nitrogens is 4. The maximum absolute atomic E-state index is 11.4. The first kappa shape index (κ1) is 22.3. The molecule has 1 aromatic carbocycles. The Balaban J connectivity index is 1.68. The number of nitro groups is 1. The van der Waals surface area contributed by atoms with Crippen LogP contribution in [0, 0.1) is 10.1 Å². The van der Waals surface area contributed by atoms with Crippen molar-refractivity contribution in [2.24, 2.45) is 0 Å². The fourth-order valence-electron chi connectivity index (χ4n) is 3.54. The molecule has 10 nitrogen and oxygen atoms in total. The Morgan fingerprint density at radius 1 is 1.19 bits per heavy atom. The SMILES string of the molecule is C[Si](C)(C)CCOCn1nc(-c2cc(N3CCOCC3)ncn2)c2cc([N+](=O)[O-])ccc21. The number of anilines is 1. The molecule has 0 aliphatic carbocycles. The average molecular weight is 457 g/mol. The fraction of sp³-hybridized carbons (Fsp3) is 0.476. The van der Waals surface area contributed by atoms with Crippen molar-refractivity contribution in [3.05, 3.63) is 40.7 Å². The summed E-state index contributed by atoms with van der Waals surface area (Å²) in [6.45, 7) is 10.7. The number of rotatable bonds is 8. The van der Waals surface area contributed by atoms with Gasteiger partial charge >= 0.3 is 0 Å². The molecule has 1 fully saturated rings. The highest BCUT2D eigenvalue weighted by atomic mass is 28.3. The molecule has 0 amide bonds. The zero-order chi connectivity index (χ0) is 22.7.